The van der Waals surface area contributed by atoms with Crippen molar-refractivity contribution in [3.05, 3.63) is 83.6 Å². The van der Waals surface area contributed by atoms with Gasteiger partial charge in [0.2, 0.25) is 0 Å². The predicted octanol–water partition coefficient (Wildman–Crippen LogP) is 4.00. The van der Waals surface area contributed by atoms with Crippen LogP contribution in [0.5, 0.6) is 0 Å². The second-order valence-electron chi connectivity index (χ2n) is 6.48. The Morgan fingerprint density at radius 2 is 1.39 bits per heavy atom. The van der Waals surface area contributed by atoms with E-state index in [0.717, 1.165) is 31.6 Å². The molecular weight excluding hydrogens is 282 g/mol. The molecule has 3 heterocycles. The molecule has 23 heavy (non-hydrogen) atoms. The second kappa shape index (κ2) is 6.04. The van der Waals surface area contributed by atoms with Crippen LogP contribution in [-0.4, -0.2) is 23.8 Å². The monoisotopic (exact) mass is 303 g/mol. The van der Waals surface area contributed by atoms with Gasteiger partial charge in [0, 0.05) is 24.9 Å². The lowest BCUT2D eigenvalue weighted by Gasteiger charge is -2.41. The summed E-state index contributed by atoms with van der Waals surface area (Å²) in [5, 5.41) is 0. The van der Waals surface area contributed by atoms with Gasteiger partial charge in [0.15, 0.2) is 5.78 Å². The van der Waals surface area contributed by atoms with Crippen molar-refractivity contribution in [2.45, 2.75) is 18.8 Å². The van der Waals surface area contributed by atoms with Gasteiger partial charge in [0.25, 0.3) is 0 Å². The zero-order valence-corrected chi connectivity index (χ0v) is 13.2. The standard InChI is InChI=1S/C21H21NO/c23-21-18-11-13-22(14-12-18)20(21)15-19(16-7-3-1-4-8-16)17-9-5-2-6-10-17/h1-10,15,18-19H,11-14H2. The molecule has 0 atom stereocenters. The van der Waals surface area contributed by atoms with Crippen molar-refractivity contribution >= 4 is 5.78 Å². The number of Topliss-reactive ketones (excluding diaryl/α,β-unsaturated/α-hetero) is 1. The smallest absolute Gasteiger partial charge is 0.181 e. The van der Waals surface area contributed by atoms with Gasteiger partial charge in [0.1, 0.15) is 0 Å². The van der Waals surface area contributed by atoms with Gasteiger partial charge in [0.05, 0.1) is 5.70 Å². The molecule has 2 aromatic carbocycles. The van der Waals surface area contributed by atoms with E-state index in [4.69, 9.17) is 0 Å². The summed E-state index contributed by atoms with van der Waals surface area (Å²) < 4.78 is 0. The van der Waals surface area contributed by atoms with Crippen molar-refractivity contribution < 1.29 is 4.79 Å². The van der Waals surface area contributed by atoms with Crippen LogP contribution in [0.4, 0.5) is 0 Å². The third kappa shape index (κ3) is 2.70. The Labute approximate surface area is 137 Å². The van der Waals surface area contributed by atoms with E-state index < -0.39 is 0 Å². The van der Waals surface area contributed by atoms with Crippen LogP contribution in [0.3, 0.4) is 0 Å². The summed E-state index contributed by atoms with van der Waals surface area (Å²) in [5.74, 6) is 0.730. The summed E-state index contributed by atoms with van der Waals surface area (Å²) >= 11 is 0. The molecule has 0 unspecified atom stereocenters. The number of carbonyl (C=O) groups excluding carboxylic acids is 1. The van der Waals surface area contributed by atoms with E-state index in [0.29, 0.717) is 5.78 Å². The van der Waals surface area contributed by atoms with Crippen molar-refractivity contribution in [1.29, 1.82) is 0 Å². The van der Waals surface area contributed by atoms with E-state index in [2.05, 4.69) is 59.5 Å². The highest BCUT2D eigenvalue weighted by atomic mass is 16.1. The molecule has 2 nitrogen and oxygen atoms in total. The van der Waals surface area contributed by atoms with E-state index in [9.17, 15) is 4.79 Å². The zero-order valence-electron chi connectivity index (χ0n) is 13.2. The molecule has 116 valence electrons. The Morgan fingerprint density at radius 3 is 1.87 bits per heavy atom. The third-order valence-corrected chi connectivity index (χ3v) is 5.10. The molecule has 0 aromatic heterocycles. The molecule has 3 fully saturated rings. The second-order valence-corrected chi connectivity index (χ2v) is 6.48. The molecule has 0 N–H and O–H groups in total. The number of benzene rings is 2. The minimum atomic E-state index is 0.135. The Bertz CT molecular complexity index is 673. The average Bonchev–Trinajstić information content (AvgIpc) is 2.63. The molecule has 2 bridgehead atoms. The normalized spacial score (nSPS) is 19.8. The lowest BCUT2D eigenvalue weighted by atomic mass is 9.82. The maximum absolute atomic E-state index is 12.7. The van der Waals surface area contributed by atoms with Gasteiger partial charge in [-0.15, -0.1) is 0 Å². The van der Waals surface area contributed by atoms with E-state index >= 15 is 0 Å². The summed E-state index contributed by atoms with van der Waals surface area (Å²) in [6.07, 6.45) is 4.24. The highest BCUT2D eigenvalue weighted by molar-refractivity contribution is 5.98. The van der Waals surface area contributed by atoms with E-state index in [1.807, 2.05) is 12.1 Å². The molecule has 0 radical (unpaired) electrons. The summed E-state index contributed by atoms with van der Waals surface area (Å²) in [6, 6.07) is 20.9. The van der Waals surface area contributed by atoms with Crippen LogP contribution >= 0.6 is 0 Å². The van der Waals surface area contributed by atoms with Gasteiger partial charge in [-0.1, -0.05) is 60.7 Å². The largest absolute Gasteiger partial charge is 0.369 e. The average molecular weight is 303 g/mol. The fraction of sp³-hybridized carbons (Fsp3) is 0.286. The first kappa shape index (κ1) is 14.3. The first-order chi connectivity index (χ1) is 11.3. The lowest BCUT2D eigenvalue weighted by Crippen LogP contribution is -2.46. The summed E-state index contributed by atoms with van der Waals surface area (Å²) in [4.78, 5) is 15.0. The van der Waals surface area contributed by atoms with Crippen molar-refractivity contribution in [3.63, 3.8) is 0 Å². The van der Waals surface area contributed by atoms with E-state index in [-0.39, 0.29) is 11.8 Å². The number of allylic oxidation sites excluding steroid dienone is 2. The van der Waals surface area contributed by atoms with Gasteiger partial charge < -0.3 is 4.90 Å². The zero-order chi connectivity index (χ0) is 15.6. The highest BCUT2D eigenvalue weighted by Crippen LogP contribution is 2.35. The predicted molar refractivity (Wildman–Crippen MR) is 92.1 cm³/mol. The summed E-state index contributed by atoms with van der Waals surface area (Å²) in [5.41, 5.74) is 3.41. The molecule has 2 aromatic rings. The number of hydrogen-bond donors (Lipinski definition) is 0. The molecule has 0 amide bonds. The quantitative estimate of drug-likeness (QED) is 0.799. The Hall–Kier alpha value is -2.35. The molecule has 5 rings (SSSR count). The summed E-state index contributed by atoms with van der Waals surface area (Å²) in [6.45, 7) is 2.05. The van der Waals surface area contributed by atoms with Crippen molar-refractivity contribution in [2.75, 3.05) is 13.1 Å². The number of ketones is 1. The number of piperidine rings is 3. The Morgan fingerprint density at radius 1 is 0.870 bits per heavy atom. The maximum Gasteiger partial charge on any atom is 0.181 e. The number of carbonyl (C=O) groups is 1. The van der Waals surface area contributed by atoms with Crippen molar-refractivity contribution in [2.24, 2.45) is 5.92 Å². The SMILES string of the molecule is O=C1C(=CC(c2ccccc2)c2ccccc2)N2CCC1CC2. The van der Waals surface area contributed by atoms with Gasteiger partial charge in [-0.25, -0.2) is 0 Å². The fourth-order valence-electron chi connectivity index (χ4n) is 3.80. The topological polar surface area (TPSA) is 20.3 Å². The third-order valence-electron chi connectivity index (χ3n) is 5.10. The summed E-state index contributed by atoms with van der Waals surface area (Å²) in [7, 11) is 0. The number of rotatable bonds is 3. The molecule has 3 aliphatic rings. The fourth-order valence-corrected chi connectivity index (χ4v) is 3.80. The first-order valence-corrected chi connectivity index (χ1v) is 8.44. The first-order valence-electron chi connectivity index (χ1n) is 8.44. The van der Waals surface area contributed by atoms with E-state index in [1.54, 1.807) is 0 Å². The Balaban J connectivity index is 1.77. The van der Waals surface area contributed by atoms with Gasteiger partial charge >= 0.3 is 0 Å². The molecule has 2 heteroatoms. The molecule has 3 saturated heterocycles. The Kier molecular flexibility index (Phi) is 3.74. The minimum absolute atomic E-state index is 0.135. The molecule has 3 aliphatic heterocycles. The van der Waals surface area contributed by atoms with Crippen LogP contribution in [0.2, 0.25) is 0 Å². The molecule has 0 spiro atoms. The van der Waals surface area contributed by atoms with Crippen molar-refractivity contribution in [1.82, 2.24) is 4.90 Å². The van der Waals surface area contributed by atoms with Gasteiger partial charge in [-0.3, -0.25) is 4.79 Å². The van der Waals surface area contributed by atoms with Crippen LogP contribution < -0.4 is 0 Å². The number of hydrogen-bond acceptors (Lipinski definition) is 2. The van der Waals surface area contributed by atoms with Gasteiger partial charge in [-0.05, 0) is 30.0 Å². The highest BCUT2D eigenvalue weighted by Gasteiger charge is 2.36. The lowest BCUT2D eigenvalue weighted by molar-refractivity contribution is -0.125. The van der Waals surface area contributed by atoms with Crippen LogP contribution in [0.15, 0.2) is 72.4 Å². The maximum atomic E-state index is 12.7. The minimum Gasteiger partial charge on any atom is -0.369 e. The number of fused-ring (bicyclic) bond motifs is 3. The van der Waals surface area contributed by atoms with Crippen LogP contribution in [0, 0.1) is 5.92 Å². The van der Waals surface area contributed by atoms with Crippen LogP contribution in [-0.2, 0) is 4.79 Å². The van der Waals surface area contributed by atoms with E-state index in [1.165, 1.54) is 11.1 Å². The number of nitrogens with zero attached hydrogens (tertiary/aromatic N) is 1. The molecule has 0 saturated carbocycles. The van der Waals surface area contributed by atoms with Crippen molar-refractivity contribution in [3.8, 4) is 0 Å². The van der Waals surface area contributed by atoms with Crippen LogP contribution in [0.1, 0.15) is 29.9 Å². The van der Waals surface area contributed by atoms with Crippen LogP contribution in [0.25, 0.3) is 0 Å². The van der Waals surface area contributed by atoms with Gasteiger partial charge in [-0.2, -0.15) is 0 Å². The molecular formula is C21H21NO. The molecule has 0 aliphatic carbocycles.